The van der Waals surface area contributed by atoms with Crippen LogP contribution >= 0.6 is 0 Å². The molecule has 1 aliphatic rings. The van der Waals surface area contributed by atoms with Crippen LogP contribution in [0.5, 0.6) is 11.8 Å². The van der Waals surface area contributed by atoms with Gasteiger partial charge in [-0.25, -0.2) is 24.3 Å². The summed E-state index contributed by atoms with van der Waals surface area (Å²) in [6.45, 7) is 4.77. The molecule has 4 aromatic rings. The maximum Gasteiger partial charge on any atom is 0.434 e. The monoisotopic (exact) mass is 572 g/mol. The van der Waals surface area contributed by atoms with Gasteiger partial charge >= 0.3 is 6.18 Å². The average Bonchev–Trinajstić information content (AvgIpc) is 3.67. The van der Waals surface area contributed by atoms with Crippen molar-refractivity contribution in [2.24, 2.45) is 0 Å². The summed E-state index contributed by atoms with van der Waals surface area (Å²) >= 11 is 0. The molecule has 3 aromatic heterocycles. The molecule has 1 atom stereocenters. The van der Waals surface area contributed by atoms with Crippen molar-refractivity contribution in [2.45, 2.75) is 64.5 Å². The van der Waals surface area contributed by atoms with Crippen LogP contribution in [0.4, 0.5) is 17.6 Å². The Morgan fingerprint density at radius 1 is 1.07 bits per heavy atom. The van der Waals surface area contributed by atoms with E-state index in [4.69, 9.17) is 9.47 Å². The summed E-state index contributed by atoms with van der Waals surface area (Å²) in [5, 5.41) is 10.3. The Labute approximate surface area is 233 Å². The quantitative estimate of drug-likeness (QED) is 0.242. The first-order chi connectivity index (χ1) is 19.5. The molecule has 5 rings (SSSR count). The molecular weight excluding hydrogens is 544 g/mol. The fourth-order valence-electron chi connectivity index (χ4n) is 4.42. The van der Waals surface area contributed by atoms with Crippen LogP contribution in [0.2, 0.25) is 0 Å². The number of halogens is 4. The van der Waals surface area contributed by atoms with Crippen LogP contribution in [-0.4, -0.2) is 41.7 Å². The zero-order chi connectivity index (χ0) is 29.5. The predicted octanol–water partition coefficient (Wildman–Crippen LogP) is 6.05. The van der Waals surface area contributed by atoms with Crippen LogP contribution in [0.1, 0.15) is 74.2 Å². The first kappa shape index (κ1) is 28.4. The van der Waals surface area contributed by atoms with Gasteiger partial charge in [-0.15, -0.1) is 0 Å². The van der Waals surface area contributed by atoms with Gasteiger partial charge in [0.25, 0.3) is 0 Å². The largest absolute Gasteiger partial charge is 0.480 e. The van der Waals surface area contributed by atoms with Gasteiger partial charge < -0.3 is 19.1 Å². The van der Waals surface area contributed by atoms with Crippen molar-refractivity contribution in [1.82, 2.24) is 29.5 Å². The zero-order valence-electron chi connectivity index (χ0n) is 22.8. The van der Waals surface area contributed by atoms with E-state index in [0.29, 0.717) is 22.6 Å². The number of aromatic nitrogens is 6. The third kappa shape index (κ3) is 5.85. The normalized spacial score (nSPS) is 14.4. The summed E-state index contributed by atoms with van der Waals surface area (Å²) in [4.78, 5) is 21.2. The number of aliphatic hydroxyl groups is 1. The third-order valence-electron chi connectivity index (χ3n) is 6.68. The summed E-state index contributed by atoms with van der Waals surface area (Å²) < 4.78 is 67.7. The fourth-order valence-corrected chi connectivity index (χ4v) is 4.42. The Balaban J connectivity index is 1.45. The SMILES string of the molecule is COc1ncnc(C2CC2)c1-c1ncc([C@H](C)O)c(OCc2ccc(-c3nc(C(F)(F)F)cn3C(C)C)c(F)c2)n1. The van der Waals surface area contributed by atoms with Crippen molar-refractivity contribution in [3.05, 3.63) is 65.3 Å². The molecule has 0 amide bonds. The molecule has 3 heterocycles. The number of hydrogen-bond acceptors (Lipinski definition) is 8. The number of rotatable bonds is 9. The van der Waals surface area contributed by atoms with Crippen LogP contribution in [0.3, 0.4) is 0 Å². The average molecular weight is 573 g/mol. The lowest BCUT2D eigenvalue weighted by molar-refractivity contribution is -0.140. The first-order valence-electron chi connectivity index (χ1n) is 13.0. The highest BCUT2D eigenvalue weighted by Crippen LogP contribution is 2.45. The number of alkyl halides is 3. The molecule has 0 saturated heterocycles. The van der Waals surface area contributed by atoms with Crippen molar-refractivity contribution in [2.75, 3.05) is 7.11 Å². The second kappa shape index (κ2) is 11.0. The van der Waals surface area contributed by atoms with Gasteiger partial charge in [-0.3, -0.25) is 0 Å². The van der Waals surface area contributed by atoms with Crippen molar-refractivity contribution in [1.29, 1.82) is 0 Å². The van der Waals surface area contributed by atoms with Crippen LogP contribution in [0, 0.1) is 5.82 Å². The smallest absolute Gasteiger partial charge is 0.434 e. The summed E-state index contributed by atoms with van der Waals surface area (Å²) in [5.41, 5.74) is 0.834. The molecule has 0 radical (unpaired) electrons. The molecule has 1 N–H and O–H groups in total. The molecule has 9 nitrogen and oxygen atoms in total. The molecular formula is C28H28F4N6O3. The van der Waals surface area contributed by atoms with E-state index in [-0.39, 0.29) is 41.7 Å². The minimum absolute atomic E-state index is 0.0734. The van der Waals surface area contributed by atoms with E-state index in [1.165, 1.54) is 49.3 Å². The van der Waals surface area contributed by atoms with E-state index in [1.54, 1.807) is 13.8 Å². The highest BCUT2D eigenvalue weighted by molar-refractivity contribution is 5.66. The molecule has 1 saturated carbocycles. The van der Waals surface area contributed by atoms with Crippen molar-refractivity contribution in [3.63, 3.8) is 0 Å². The number of ether oxygens (including phenoxy) is 2. The second-order valence-corrected chi connectivity index (χ2v) is 10.1. The van der Waals surface area contributed by atoms with Gasteiger partial charge in [-0.05, 0) is 51.3 Å². The van der Waals surface area contributed by atoms with Crippen LogP contribution in [0.15, 0.2) is 36.9 Å². The number of methoxy groups -OCH3 is 1. The summed E-state index contributed by atoms with van der Waals surface area (Å²) in [6, 6.07) is 3.69. The zero-order valence-corrected chi connectivity index (χ0v) is 22.8. The van der Waals surface area contributed by atoms with Gasteiger partial charge in [-0.2, -0.15) is 18.2 Å². The minimum Gasteiger partial charge on any atom is -0.480 e. The number of hydrogen-bond donors (Lipinski definition) is 1. The first-order valence-corrected chi connectivity index (χ1v) is 13.0. The van der Waals surface area contributed by atoms with Crippen LogP contribution in [-0.2, 0) is 12.8 Å². The topological polar surface area (TPSA) is 108 Å². The number of benzene rings is 1. The summed E-state index contributed by atoms with van der Waals surface area (Å²) in [5.74, 6) is -0.0000525. The van der Waals surface area contributed by atoms with E-state index < -0.39 is 23.8 Å². The fraction of sp³-hybridized carbons (Fsp3) is 0.393. The molecule has 0 spiro atoms. The second-order valence-electron chi connectivity index (χ2n) is 10.1. The lowest BCUT2D eigenvalue weighted by atomic mass is 10.1. The predicted molar refractivity (Wildman–Crippen MR) is 140 cm³/mol. The highest BCUT2D eigenvalue weighted by atomic mass is 19.4. The number of imidazole rings is 1. The van der Waals surface area contributed by atoms with Gasteiger partial charge in [0.05, 0.1) is 30.0 Å². The van der Waals surface area contributed by atoms with Gasteiger partial charge in [0.1, 0.15) is 30.1 Å². The number of nitrogens with zero attached hydrogens (tertiary/aromatic N) is 6. The van der Waals surface area contributed by atoms with E-state index in [1.807, 2.05) is 0 Å². The Morgan fingerprint density at radius 3 is 2.44 bits per heavy atom. The Hall–Kier alpha value is -4.13. The van der Waals surface area contributed by atoms with Gasteiger partial charge in [0.2, 0.25) is 11.8 Å². The molecule has 216 valence electrons. The number of aliphatic hydroxyl groups excluding tert-OH is 1. The van der Waals surface area contributed by atoms with Gasteiger partial charge in [0, 0.05) is 24.4 Å². The Morgan fingerprint density at radius 2 is 1.83 bits per heavy atom. The molecule has 1 aliphatic carbocycles. The molecule has 13 heteroatoms. The lowest BCUT2D eigenvalue weighted by Gasteiger charge is -2.16. The standard InChI is InChI=1S/C28H28F4N6O3/c1-14(2)38-11-21(28(30,31)32)36-25(38)18-8-5-16(9-20(18)29)12-41-26-19(15(3)39)10-33-24(37-26)22-23(17-6-7-17)34-13-35-27(22)40-4/h5,8-11,13-15,17,39H,6-7,12H2,1-4H3/t15-/m0/s1. The highest BCUT2D eigenvalue weighted by Gasteiger charge is 2.36. The maximum absolute atomic E-state index is 15.2. The van der Waals surface area contributed by atoms with E-state index in [2.05, 4.69) is 24.9 Å². The maximum atomic E-state index is 15.2. The van der Waals surface area contributed by atoms with Crippen molar-refractivity contribution >= 4 is 0 Å². The van der Waals surface area contributed by atoms with Crippen LogP contribution in [0.25, 0.3) is 22.8 Å². The van der Waals surface area contributed by atoms with Crippen molar-refractivity contribution < 1.29 is 32.1 Å². The summed E-state index contributed by atoms with van der Waals surface area (Å²) in [7, 11) is 1.49. The van der Waals surface area contributed by atoms with E-state index in [9.17, 15) is 18.3 Å². The van der Waals surface area contributed by atoms with Gasteiger partial charge in [0.15, 0.2) is 11.5 Å². The van der Waals surface area contributed by atoms with Crippen LogP contribution < -0.4 is 9.47 Å². The Kier molecular flexibility index (Phi) is 7.64. The molecule has 41 heavy (non-hydrogen) atoms. The molecule has 0 aliphatic heterocycles. The van der Waals surface area contributed by atoms with Gasteiger partial charge in [-0.1, -0.05) is 6.07 Å². The van der Waals surface area contributed by atoms with E-state index >= 15 is 4.39 Å². The lowest BCUT2D eigenvalue weighted by Crippen LogP contribution is -2.08. The molecule has 0 bridgehead atoms. The Bertz CT molecular complexity index is 1570. The minimum atomic E-state index is -4.66. The third-order valence-corrected chi connectivity index (χ3v) is 6.68. The molecule has 1 fully saturated rings. The summed E-state index contributed by atoms with van der Waals surface area (Å²) in [6.07, 6.45) is 0.0612. The molecule has 0 unspecified atom stereocenters. The van der Waals surface area contributed by atoms with Crippen molar-refractivity contribution in [3.8, 4) is 34.5 Å². The van der Waals surface area contributed by atoms with E-state index in [0.717, 1.165) is 24.7 Å². The molecule has 1 aromatic carbocycles.